The highest BCUT2D eigenvalue weighted by atomic mass is 16.6. The van der Waals surface area contributed by atoms with Crippen molar-refractivity contribution in [2.75, 3.05) is 13.7 Å². The number of ether oxygens (including phenoxy) is 3. The van der Waals surface area contributed by atoms with E-state index >= 15 is 0 Å². The third kappa shape index (κ3) is 6.65. The first-order valence-electron chi connectivity index (χ1n) is 17.0. The molecular formula is C37H47NO10. The van der Waals surface area contributed by atoms with Crippen LogP contribution in [0.25, 0.3) is 0 Å². The number of rotatable bonds is 11. The van der Waals surface area contributed by atoms with Gasteiger partial charge >= 0.3 is 17.9 Å². The zero-order chi connectivity index (χ0) is 34.9. The first kappa shape index (κ1) is 35.3. The molecule has 5 rings (SSSR count). The van der Waals surface area contributed by atoms with Crippen LogP contribution in [-0.2, 0) is 49.4 Å². The SMILES string of the molecule is COC(=O)[C@@H](Cc1ccc(O)cc1)NC(=O)CCC(=O)OCC(=O)[C@]1(OC(C)=O)CC[C@@H]2[C@@H]3CCC4=CC(=O)CC[C@]4(C)[C@@H]3CC[C@@]21C. The summed E-state index contributed by atoms with van der Waals surface area (Å²) in [6, 6.07) is 5.17. The van der Waals surface area contributed by atoms with Gasteiger partial charge in [0.15, 0.2) is 18.0 Å². The molecule has 0 spiro atoms. The van der Waals surface area contributed by atoms with Crippen molar-refractivity contribution in [2.24, 2.45) is 28.6 Å². The van der Waals surface area contributed by atoms with Crippen LogP contribution in [0.2, 0.25) is 0 Å². The average molecular weight is 666 g/mol. The summed E-state index contributed by atoms with van der Waals surface area (Å²) in [5, 5.41) is 12.1. The smallest absolute Gasteiger partial charge is 0.328 e. The van der Waals surface area contributed by atoms with E-state index in [1.54, 1.807) is 12.1 Å². The molecule has 1 aromatic carbocycles. The number of esters is 3. The molecule has 0 aliphatic heterocycles. The summed E-state index contributed by atoms with van der Waals surface area (Å²) < 4.78 is 16.1. The van der Waals surface area contributed by atoms with Gasteiger partial charge in [0, 0.05) is 31.6 Å². The van der Waals surface area contributed by atoms with Gasteiger partial charge in [-0.15, -0.1) is 0 Å². The Kier molecular flexibility index (Phi) is 10.2. The van der Waals surface area contributed by atoms with Crippen molar-refractivity contribution in [1.82, 2.24) is 5.32 Å². The van der Waals surface area contributed by atoms with Gasteiger partial charge in [-0.25, -0.2) is 4.79 Å². The molecule has 3 saturated carbocycles. The summed E-state index contributed by atoms with van der Waals surface area (Å²) in [5.41, 5.74) is -0.162. The number of hydrogen-bond acceptors (Lipinski definition) is 10. The third-order valence-corrected chi connectivity index (χ3v) is 12.0. The van der Waals surface area contributed by atoms with Crippen molar-refractivity contribution in [3.8, 4) is 5.75 Å². The van der Waals surface area contributed by atoms with Gasteiger partial charge in [0.05, 0.1) is 13.5 Å². The van der Waals surface area contributed by atoms with E-state index in [0.29, 0.717) is 43.1 Å². The maximum atomic E-state index is 14.0. The van der Waals surface area contributed by atoms with Crippen molar-refractivity contribution in [2.45, 2.75) is 103 Å². The maximum absolute atomic E-state index is 14.0. The number of allylic oxidation sites excluding steroid dienone is 1. The quantitative estimate of drug-likeness (QED) is 0.257. The second kappa shape index (κ2) is 13.8. The molecule has 48 heavy (non-hydrogen) atoms. The van der Waals surface area contributed by atoms with Crippen LogP contribution in [0.15, 0.2) is 35.9 Å². The van der Waals surface area contributed by atoms with E-state index in [4.69, 9.17) is 14.2 Å². The van der Waals surface area contributed by atoms with Crippen LogP contribution < -0.4 is 5.32 Å². The molecule has 1 amide bonds. The molecule has 0 aromatic heterocycles. The fourth-order valence-corrected chi connectivity index (χ4v) is 9.51. The lowest BCUT2D eigenvalue weighted by Crippen LogP contribution is -2.59. The van der Waals surface area contributed by atoms with E-state index in [0.717, 1.165) is 25.7 Å². The summed E-state index contributed by atoms with van der Waals surface area (Å²) in [5.74, 6) is -1.90. The lowest BCUT2D eigenvalue weighted by atomic mass is 9.46. The fourth-order valence-electron chi connectivity index (χ4n) is 9.51. The summed E-state index contributed by atoms with van der Waals surface area (Å²) >= 11 is 0. The predicted molar refractivity (Wildman–Crippen MR) is 172 cm³/mol. The molecular weight excluding hydrogens is 618 g/mol. The highest BCUT2D eigenvalue weighted by Gasteiger charge is 2.68. The largest absolute Gasteiger partial charge is 0.508 e. The molecule has 0 heterocycles. The number of benzene rings is 1. The molecule has 7 atom stereocenters. The molecule has 260 valence electrons. The van der Waals surface area contributed by atoms with Gasteiger partial charge in [0.25, 0.3) is 0 Å². The number of ketones is 2. The number of fused-ring (bicyclic) bond motifs is 5. The van der Waals surface area contributed by atoms with Crippen LogP contribution in [0, 0.1) is 28.6 Å². The van der Waals surface area contributed by atoms with Crippen LogP contribution >= 0.6 is 0 Å². The Morgan fingerprint density at radius 1 is 0.958 bits per heavy atom. The summed E-state index contributed by atoms with van der Waals surface area (Å²) in [6.45, 7) is 5.04. The Hall–Kier alpha value is -4.02. The number of carbonyl (C=O) groups excluding carboxylic acids is 6. The number of nitrogens with one attached hydrogen (secondary N) is 1. The summed E-state index contributed by atoms with van der Waals surface area (Å²) in [7, 11) is 1.20. The Bertz CT molecular complexity index is 1500. The van der Waals surface area contributed by atoms with E-state index in [1.165, 1.54) is 31.7 Å². The minimum atomic E-state index is -1.42. The number of phenolic OH excluding ortho intramolecular Hbond substituents is 1. The van der Waals surface area contributed by atoms with Crippen molar-refractivity contribution in [1.29, 1.82) is 0 Å². The number of phenols is 1. The molecule has 0 bridgehead atoms. The lowest BCUT2D eigenvalue weighted by Gasteiger charge is -2.59. The van der Waals surface area contributed by atoms with Crippen LogP contribution in [0.3, 0.4) is 0 Å². The second-order valence-electron chi connectivity index (χ2n) is 14.5. The van der Waals surface area contributed by atoms with Crippen LogP contribution in [0.5, 0.6) is 5.75 Å². The molecule has 0 radical (unpaired) electrons. The zero-order valence-corrected chi connectivity index (χ0v) is 28.3. The first-order valence-corrected chi connectivity index (χ1v) is 17.0. The van der Waals surface area contributed by atoms with E-state index in [9.17, 15) is 33.9 Å². The van der Waals surface area contributed by atoms with Crippen molar-refractivity contribution < 1.29 is 48.1 Å². The van der Waals surface area contributed by atoms with Crippen LogP contribution in [-0.4, -0.2) is 65.8 Å². The Morgan fingerprint density at radius 3 is 2.35 bits per heavy atom. The number of carbonyl (C=O) groups is 6. The normalized spacial score (nSPS) is 31.2. The van der Waals surface area contributed by atoms with Gasteiger partial charge in [0.2, 0.25) is 11.7 Å². The predicted octanol–water partition coefficient (Wildman–Crippen LogP) is 4.32. The number of Topliss-reactive ketones (excluding diaryl/α,β-unsaturated/α-hetero) is 1. The van der Waals surface area contributed by atoms with E-state index in [-0.39, 0.29) is 42.1 Å². The molecule has 11 heteroatoms. The number of amides is 1. The van der Waals surface area contributed by atoms with E-state index < -0.39 is 53.3 Å². The van der Waals surface area contributed by atoms with Crippen LogP contribution in [0.4, 0.5) is 0 Å². The molecule has 4 aliphatic carbocycles. The van der Waals surface area contributed by atoms with Crippen molar-refractivity contribution in [3.63, 3.8) is 0 Å². The lowest BCUT2D eigenvalue weighted by molar-refractivity contribution is -0.191. The van der Waals surface area contributed by atoms with Gasteiger partial charge in [-0.05, 0) is 91.9 Å². The molecule has 2 N–H and O–H groups in total. The third-order valence-electron chi connectivity index (χ3n) is 12.0. The van der Waals surface area contributed by atoms with Gasteiger partial charge < -0.3 is 24.6 Å². The maximum Gasteiger partial charge on any atom is 0.328 e. The minimum absolute atomic E-state index is 0.0426. The highest BCUT2D eigenvalue weighted by molar-refractivity contribution is 5.94. The van der Waals surface area contributed by atoms with Gasteiger partial charge in [-0.3, -0.25) is 24.0 Å². The molecule has 3 fully saturated rings. The van der Waals surface area contributed by atoms with E-state index in [1.807, 2.05) is 13.0 Å². The molecule has 0 unspecified atom stereocenters. The molecule has 0 saturated heterocycles. The van der Waals surface area contributed by atoms with Gasteiger partial charge in [0.1, 0.15) is 11.8 Å². The monoisotopic (exact) mass is 665 g/mol. The number of aromatic hydroxyl groups is 1. The first-order chi connectivity index (χ1) is 22.7. The van der Waals surface area contributed by atoms with Gasteiger partial charge in [-0.2, -0.15) is 0 Å². The Balaban J connectivity index is 1.20. The standard InChI is InChI=1S/C37H47NO10/c1-22(39)48-37(18-15-29-27-10-7-24-20-26(41)13-16-35(24,2)28(27)14-17-36(29,37)3)31(42)21-47-33(44)12-11-32(43)38-30(34(45)46-4)19-23-5-8-25(40)9-6-23/h5-6,8-9,20,27-30,40H,7,10-19,21H2,1-4H3,(H,38,43)/t27-,28-,29-,30-,35+,36+,37-/m1/s1. The molecule has 4 aliphatic rings. The van der Waals surface area contributed by atoms with Crippen molar-refractivity contribution in [3.05, 3.63) is 41.5 Å². The number of hydrogen-bond donors (Lipinski definition) is 2. The fraction of sp³-hybridized carbons (Fsp3) is 0.622. The van der Waals surface area contributed by atoms with Crippen molar-refractivity contribution >= 4 is 35.4 Å². The number of methoxy groups -OCH3 is 1. The van der Waals surface area contributed by atoms with E-state index in [2.05, 4.69) is 12.2 Å². The minimum Gasteiger partial charge on any atom is -0.508 e. The molecule has 11 nitrogen and oxygen atoms in total. The average Bonchev–Trinajstić information content (AvgIpc) is 3.35. The van der Waals surface area contributed by atoms with Crippen LogP contribution in [0.1, 0.15) is 90.5 Å². The zero-order valence-electron chi connectivity index (χ0n) is 28.3. The summed E-state index contributed by atoms with van der Waals surface area (Å²) in [4.78, 5) is 76.4. The van der Waals surface area contributed by atoms with Gasteiger partial charge in [-0.1, -0.05) is 31.6 Å². The highest BCUT2D eigenvalue weighted by Crippen LogP contribution is 2.68. The topological polar surface area (TPSA) is 162 Å². The Morgan fingerprint density at radius 2 is 1.67 bits per heavy atom. The Labute approximate surface area is 281 Å². The molecule has 1 aromatic rings. The summed E-state index contributed by atoms with van der Waals surface area (Å²) in [6.07, 6.45) is 7.14. The second-order valence-corrected chi connectivity index (χ2v) is 14.5.